The third-order valence-electron chi connectivity index (χ3n) is 5.62. The van der Waals surface area contributed by atoms with Crippen LogP contribution in [-0.4, -0.2) is 36.9 Å². The van der Waals surface area contributed by atoms with E-state index in [2.05, 4.69) is 15.2 Å². The van der Waals surface area contributed by atoms with Crippen molar-refractivity contribution in [2.45, 2.75) is 16.1 Å². The number of carbonyl (C=O) groups excluding carboxylic acids is 2. The van der Waals surface area contributed by atoms with Crippen LogP contribution in [0.5, 0.6) is 0 Å². The van der Waals surface area contributed by atoms with Crippen LogP contribution in [0, 0.1) is 10.1 Å². The first kappa shape index (κ1) is 24.3. The van der Waals surface area contributed by atoms with Crippen LogP contribution in [-0.2, 0) is 15.3 Å². The van der Waals surface area contributed by atoms with Crippen molar-refractivity contribution < 1.29 is 19.6 Å². The summed E-state index contributed by atoms with van der Waals surface area (Å²) in [5.41, 5.74) is 1.49. The highest BCUT2D eigenvalue weighted by molar-refractivity contribution is 8.00. The van der Waals surface area contributed by atoms with Gasteiger partial charge in [-0.3, -0.25) is 29.6 Å². The largest absolute Gasteiger partial charge is 0.507 e. The number of aliphatic hydroxyl groups excluding tert-OH is 1. The standard InChI is InChI=1S/C25H17N5O5S2/c31-21(17-10-12-26-13-11-17)19-20(16-6-8-18(9-7-16)30(34)35)29(23(33)22(19)32)24-27-28-25(37-24)36-14-15-4-2-1-3-5-15/h1-13,20,31H,14H2/b21-19+. The van der Waals surface area contributed by atoms with Crippen molar-refractivity contribution in [3.8, 4) is 0 Å². The molecule has 1 N–H and O–H groups in total. The molecule has 10 nitrogen and oxygen atoms in total. The van der Waals surface area contributed by atoms with Crippen LogP contribution < -0.4 is 4.90 Å². The molecule has 184 valence electrons. The van der Waals surface area contributed by atoms with Gasteiger partial charge in [0.25, 0.3) is 11.5 Å². The highest BCUT2D eigenvalue weighted by atomic mass is 32.2. The number of aliphatic hydroxyl groups is 1. The summed E-state index contributed by atoms with van der Waals surface area (Å²) < 4.78 is 0.595. The second-order valence-corrected chi connectivity index (χ2v) is 10.1. The van der Waals surface area contributed by atoms with E-state index in [1.54, 1.807) is 0 Å². The number of nitrogens with zero attached hydrogens (tertiary/aromatic N) is 5. The van der Waals surface area contributed by atoms with Gasteiger partial charge < -0.3 is 5.11 Å². The smallest absolute Gasteiger partial charge is 0.301 e. The Morgan fingerprint density at radius 3 is 2.41 bits per heavy atom. The van der Waals surface area contributed by atoms with E-state index in [0.29, 0.717) is 21.2 Å². The molecule has 3 heterocycles. The Balaban J connectivity index is 1.55. The fourth-order valence-corrected chi connectivity index (χ4v) is 5.69. The molecule has 2 aromatic carbocycles. The average molecular weight is 532 g/mol. The van der Waals surface area contributed by atoms with E-state index in [-0.39, 0.29) is 22.2 Å². The number of thioether (sulfide) groups is 1. The van der Waals surface area contributed by atoms with Crippen molar-refractivity contribution in [2.24, 2.45) is 0 Å². The number of pyridine rings is 1. The molecule has 0 aliphatic carbocycles. The molecule has 1 atom stereocenters. The fraction of sp³-hybridized carbons (Fsp3) is 0.0800. The number of Topliss-reactive ketones (excluding diaryl/α,β-unsaturated/α-hetero) is 1. The lowest BCUT2D eigenvalue weighted by Crippen LogP contribution is -2.29. The van der Waals surface area contributed by atoms with E-state index < -0.39 is 22.7 Å². The third-order valence-corrected chi connectivity index (χ3v) is 7.75. The number of nitro benzene ring substituents is 1. The molecule has 1 fully saturated rings. The Bertz CT molecular complexity index is 1510. The molecule has 4 aromatic rings. The monoisotopic (exact) mass is 531 g/mol. The maximum atomic E-state index is 13.2. The van der Waals surface area contributed by atoms with Crippen molar-refractivity contribution >= 4 is 51.4 Å². The van der Waals surface area contributed by atoms with Gasteiger partial charge in [0.2, 0.25) is 5.13 Å². The van der Waals surface area contributed by atoms with Crippen LogP contribution >= 0.6 is 23.1 Å². The fourth-order valence-electron chi connectivity index (χ4n) is 3.87. The van der Waals surface area contributed by atoms with E-state index in [9.17, 15) is 24.8 Å². The molecule has 1 unspecified atom stereocenters. The Kier molecular flexibility index (Phi) is 6.75. The molecule has 0 spiro atoms. The number of hydrogen-bond acceptors (Lipinski definition) is 10. The Morgan fingerprint density at radius 2 is 1.73 bits per heavy atom. The predicted molar refractivity (Wildman–Crippen MR) is 138 cm³/mol. The van der Waals surface area contributed by atoms with Crippen LogP contribution in [0.1, 0.15) is 22.7 Å². The van der Waals surface area contributed by atoms with Crippen molar-refractivity contribution in [1.82, 2.24) is 15.2 Å². The van der Waals surface area contributed by atoms with Gasteiger partial charge in [-0.2, -0.15) is 0 Å². The first-order chi connectivity index (χ1) is 17.9. The number of amides is 1. The molecule has 5 rings (SSSR count). The molecule has 0 radical (unpaired) electrons. The number of carbonyl (C=O) groups is 2. The number of hydrogen-bond donors (Lipinski definition) is 1. The van der Waals surface area contributed by atoms with E-state index in [4.69, 9.17) is 0 Å². The zero-order valence-corrected chi connectivity index (χ0v) is 20.6. The minimum Gasteiger partial charge on any atom is -0.507 e. The number of non-ortho nitro benzene ring substituents is 1. The lowest BCUT2D eigenvalue weighted by Gasteiger charge is -2.22. The summed E-state index contributed by atoms with van der Waals surface area (Å²) in [7, 11) is 0. The molecule has 1 amide bonds. The van der Waals surface area contributed by atoms with Gasteiger partial charge in [-0.05, 0) is 35.4 Å². The number of anilines is 1. The summed E-state index contributed by atoms with van der Waals surface area (Å²) in [5, 5.41) is 30.7. The van der Waals surface area contributed by atoms with Gasteiger partial charge in [-0.1, -0.05) is 53.4 Å². The average Bonchev–Trinajstić information content (AvgIpc) is 3.50. The molecule has 0 saturated carbocycles. The summed E-state index contributed by atoms with van der Waals surface area (Å²) in [6.07, 6.45) is 2.90. The highest BCUT2D eigenvalue weighted by Crippen LogP contribution is 2.44. The second kappa shape index (κ2) is 10.3. The molecular weight excluding hydrogens is 514 g/mol. The number of rotatable bonds is 7. The summed E-state index contributed by atoms with van der Waals surface area (Å²) in [4.78, 5) is 42.2. The summed E-state index contributed by atoms with van der Waals surface area (Å²) in [5.74, 6) is -1.52. The van der Waals surface area contributed by atoms with Crippen LogP contribution in [0.4, 0.5) is 10.8 Å². The number of aromatic nitrogens is 3. The molecule has 1 aliphatic rings. The molecule has 1 aliphatic heterocycles. The van der Waals surface area contributed by atoms with Crippen molar-refractivity contribution in [1.29, 1.82) is 0 Å². The van der Waals surface area contributed by atoms with E-state index in [1.165, 1.54) is 65.5 Å². The molecule has 2 aromatic heterocycles. The summed E-state index contributed by atoms with van der Waals surface area (Å²) in [6.45, 7) is 0. The molecule has 12 heteroatoms. The lowest BCUT2D eigenvalue weighted by molar-refractivity contribution is -0.384. The van der Waals surface area contributed by atoms with E-state index >= 15 is 0 Å². The van der Waals surface area contributed by atoms with Crippen molar-refractivity contribution in [3.05, 3.63) is 112 Å². The summed E-state index contributed by atoms with van der Waals surface area (Å²) >= 11 is 2.58. The quantitative estimate of drug-likeness (QED) is 0.0680. The van der Waals surface area contributed by atoms with Crippen LogP contribution in [0.2, 0.25) is 0 Å². The SMILES string of the molecule is O=C1C(=O)N(c2nnc(SCc3ccccc3)s2)C(c2ccc([N+](=O)[O-])cc2)/C1=C(\O)c1ccncc1. The van der Waals surface area contributed by atoms with Gasteiger partial charge in [0.15, 0.2) is 4.34 Å². The van der Waals surface area contributed by atoms with Gasteiger partial charge in [-0.25, -0.2) is 0 Å². The highest BCUT2D eigenvalue weighted by Gasteiger charge is 2.48. The zero-order chi connectivity index (χ0) is 25.9. The first-order valence-electron chi connectivity index (χ1n) is 10.9. The Labute approximate surface area is 218 Å². The maximum absolute atomic E-state index is 13.2. The number of benzene rings is 2. The second-order valence-electron chi connectivity index (χ2n) is 7.88. The van der Waals surface area contributed by atoms with Gasteiger partial charge in [0.05, 0.1) is 16.5 Å². The Hall–Kier alpha value is -4.42. The van der Waals surface area contributed by atoms with Gasteiger partial charge in [-0.15, -0.1) is 10.2 Å². The normalized spacial score (nSPS) is 16.8. The number of ketones is 1. The topological polar surface area (TPSA) is 139 Å². The lowest BCUT2D eigenvalue weighted by atomic mass is 9.95. The Morgan fingerprint density at radius 1 is 1.03 bits per heavy atom. The van der Waals surface area contributed by atoms with Crippen molar-refractivity contribution in [3.63, 3.8) is 0 Å². The molecule has 1 saturated heterocycles. The van der Waals surface area contributed by atoms with Crippen molar-refractivity contribution in [2.75, 3.05) is 4.90 Å². The van der Waals surface area contributed by atoms with Gasteiger partial charge in [0.1, 0.15) is 5.76 Å². The van der Waals surface area contributed by atoms with Gasteiger partial charge >= 0.3 is 5.91 Å². The minimum absolute atomic E-state index is 0.148. The summed E-state index contributed by atoms with van der Waals surface area (Å²) in [6, 6.07) is 17.2. The number of nitro groups is 1. The van der Waals surface area contributed by atoms with E-state index in [1.807, 2.05) is 30.3 Å². The molecule has 0 bridgehead atoms. The van der Waals surface area contributed by atoms with Crippen LogP contribution in [0.25, 0.3) is 5.76 Å². The van der Waals surface area contributed by atoms with Crippen LogP contribution in [0.3, 0.4) is 0 Å². The molecular formula is C25H17N5O5S2. The third kappa shape index (κ3) is 4.84. The predicted octanol–water partition coefficient (Wildman–Crippen LogP) is 4.76. The minimum atomic E-state index is -1.06. The van der Waals surface area contributed by atoms with Gasteiger partial charge in [0, 0.05) is 35.8 Å². The first-order valence-corrected chi connectivity index (χ1v) is 12.7. The zero-order valence-electron chi connectivity index (χ0n) is 18.9. The molecule has 37 heavy (non-hydrogen) atoms. The maximum Gasteiger partial charge on any atom is 0.301 e. The van der Waals surface area contributed by atoms with E-state index in [0.717, 1.165) is 16.9 Å². The van der Waals surface area contributed by atoms with Crippen LogP contribution in [0.15, 0.2) is 89.0 Å².